The first-order valence-electron chi connectivity index (χ1n) is 9.91. The molecule has 156 valence electrons. The third-order valence-electron chi connectivity index (χ3n) is 4.99. The molecule has 2 aromatic heterocycles. The third kappa shape index (κ3) is 3.92. The summed E-state index contributed by atoms with van der Waals surface area (Å²) >= 11 is 1.54. The molecule has 0 fully saturated rings. The van der Waals surface area contributed by atoms with Crippen LogP contribution in [0.2, 0.25) is 0 Å². The van der Waals surface area contributed by atoms with Gasteiger partial charge in [0, 0.05) is 12.3 Å². The highest BCUT2D eigenvalue weighted by atomic mass is 32.2. The van der Waals surface area contributed by atoms with Crippen molar-refractivity contribution in [2.24, 2.45) is 0 Å². The third-order valence-corrected chi connectivity index (χ3v) is 5.97. The van der Waals surface area contributed by atoms with Crippen LogP contribution in [0.15, 0.2) is 59.8 Å². The van der Waals surface area contributed by atoms with Crippen LogP contribution >= 0.6 is 11.8 Å². The Balaban J connectivity index is 1.68. The molecule has 4 rings (SSSR count). The summed E-state index contributed by atoms with van der Waals surface area (Å²) in [6.45, 7) is 4.64. The zero-order valence-corrected chi connectivity index (χ0v) is 18.4. The monoisotopic (exact) mass is 430 g/mol. The van der Waals surface area contributed by atoms with Crippen molar-refractivity contribution in [2.75, 3.05) is 7.11 Å². The van der Waals surface area contributed by atoms with Crippen molar-refractivity contribution in [3.05, 3.63) is 71.5 Å². The number of hydrogen-bond donors (Lipinski definition) is 0. The number of thioether (sulfide) groups is 1. The molecule has 2 aromatic carbocycles. The Morgan fingerprint density at radius 1 is 1.06 bits per heavy atom. The van der Waals surface area contributed by atoms with E-state index in [4.69, 9.17) is 4.74 Å². The van der Waals surface area contributed by atoms with E-state index in [2.05, 4.69) is 32.9 Å². The van der Waals surface area contributed by atoms with E-state index in [1.807, 2.05) is 66.2 Å². The van der Waals surface area contributed by atoms with Crippen LogP contribution in [0, 0.1) is 18.3 Å². The average Bonchev–Trinajstić information content (AvgIpc) is 3.37. The fraction of sp³-hybridized carbons (Fsp3) is 0.217. The maximum absolute atomic E-state index is 9.71. The van der Waals surface area contributed by atoms with E-state index in [1.165, 1.54) is 0 Å². The van der Waals surface area contributed by atoms with Gasteiger partial charge in [0.25, 0.3) is 0 Å². The normalized spacial score (nSPS) is 10.8. The number of nitriles is 1. The second-order valence-electron chi connectivity index (χ2n) is 6.81. The Labute approximate surface area is 185 Å². The molecule has 8 heteroatoms. The first-order chi connectivity index (χ1) is 15.2. The van der Waals surface area contributed by atoms with Gasteiger partial charge in [-0.15, -0.1) is 10.2 Å². The van der Waals surface area contributed by atoms with Crippen LogP contribution in [0.3, 0.4) is 0 Å². The summed E-state index contributed by atoms with van der Waals surface area (Å²) in [5.41, 5.74) is 3.99. The molecule has 0 saturated heterocycles. The highest BCUT2D eigenvalue weighted by Gasteiger charge is 2.20. The first-order valence-corrected chi connectivity index (χ1v) is 10.9. The second kappa shape index (κ2) is 9.06. The molecular weight excluding hydrogens is 408 g/mol. The van der Waals surface area contributed by atoms with Gasteiger partial charge in [-0.05, 0) is 38.1 Å². The van der Waals surface area contributed by atoms with Gasteiger partial charge in [-0.3, -0.25) is 0 Å². The zero-order valence-electron chi connectivity index (χ0n) is 17.6. The second-order valence-corrected chi connectivity index (χ2v) is 7.75. The lowest BCUT2D eigenvalue weighted by Crippen LogP contribution is -2.04. The molecule has 0 aliphatic rings. The summed E-state index contributed by atoms with van der Waals surface area (Å²) in [6, 6.07) is 19.9. The number of aromatic nitrogens is 5. The zero-order chi connectivity index (χ0) is 21.8. The number of nitrogens with zero attached hydrogens (tertiary/aromatic N) is 6. The van der Waals surface area contributed by atoms with Gasteiger partial charge >= 0.3 is 0 Å². The van der Waals surface area contributed by atoms with Gasteiger partial charge in [-0.2, -0.15) is 10.4 Å². The molecule has 0 atom stereocenters. The quantitative estimate of drug-likeness (QED) is 0.398. The van der Waals surface area contributed by atoms with E-state index >= 15 is 0 Å². The van der Waals surface area contributed by atoms with Gasteiger partial charge in [0.05, 0.1) is 35.3 Å². The smallest absolute Gasteiger partial charge is 0.191 e. The molecule has 0 N–H and O–H groups in total. The van der Waals surface area contributed by atoms with Crippen LogP contribution in [-0.2, 0) is 12.3 Å². The first kappa shape index (κ1) is 20.7. The SMILES string of the molecule is CCn1c(SCc2c(C#N)c(C)nn2-c2ccccc2)nnc1-c1ccccc1OC. The van der Waals surface area contributed by atoms with Crippen molar-refractivity contribution in [1.82, 2.24) is 24.5 Å². The van der Waals surface area contributed by atoms with Crippen LogP contribution in [0.1, 0.15) is 23.9 Å². The Kier molecular flexibility index (Phi) is 6.05. The lowest BCUT2D eigenvalue weighted by Gasteiger charge is -2.11. The van der Waals surface area contributed by atoms with E-state index in [1.54, 1.807) is 18.9 Å². The molecule has 2 heterocycles. The molecule has 0 radical (unpaired) electrons. The van der Waals surface area contributed by atoms with Gasteiger partial charge in [0.1, 0.15) is 11.8 Å². The summed E-state index contributed by atoms with van der Waals surface area (Å²) in [5, 5.41) is 24.0. The van der Waals surface area contributed by atoms with Crippen LogP contribution < -0.4 is 4.74 Å². The minimum absolute atomic E-state index is 0.544. The van der Waals surface area contributed by atoms with E-state index in [0.717, 1.165) is 33.7 Å². The maximum Gasteiger partial charge on any atom is 0.191 e. The maximum atomic E-state index is 9.71. The fourth-order valence-corrected chi connectivity index (χ4v) is 4.48. The largest absolute Gasteiger partial charge is 0.496 e. The Morgan fingerprint density at radius 3 is 2.52 bits per heavy atom. The number of aryl methyl sites for hydroxylation is 1. The van der Waals surface area contributed by atoms with Gasteiger partial charge in [0.2, 0.25) is 0 Å². The minimum atomic E-state index is 0.544. The number of rotatable bonds is 7. The molecule has 0 amide bonds. The molecule has 7 nitrogen and oxygen atoms in total. The molecule has 0 bridgehead atoms. The van der Waals surface area contributed by atoms with Crippen LogP contribution in [0.25, 0.3) is 17.1 Å². The lowest BCUT2D eigenvalue weighted by atomic mass is 10.2. The average molecular weight is 431 g/mol. The van der Waals surface area contributed by atoms with Crippen LogP contribution in [0.5, 0.6) is 5.75 Å². The van der Waals surface area contributed by atoms with E-state index in [9.17, 15) is 5.26 Å². The van der Waals surface area contributed by atoms with Crippen molar-refractivity contribution < 1.29 is 4.74 Å². The molecule has 31 heavy (non-hydrogen) atoms. The number of para-hydroxylation sites is 2. The van der Waals surface area contributed by atoms with Gasteiger partial charge in [-0.25, -0.2) is 4.68 Å². The van der Waals surface area contributed by atoms with Crippen molar-refractivity contribution in [1.29, 1.82) is 5.26 Å². The molecule has 0 aliphatic heterocycles. The van der Waals surface area contributed by atoms with Gasteiger partial charge in [0.15, 0.2) is 11.0 Å². The lowest BCUT2D eigenvalue weighted by molar-refractivity contribution is 0.416. The Bertz CT molecular complexity index is 1240. The predicted octanol–water partition coefficient (Wildman–Crippen LogP) is 4.63. The Hall–Kier alpha value is -3.57. The summed E-state index contributed by atoms with van der Waals surface area (Å²) in [5.74, 6) is 2.06. The summed E-state index contributed by atoms with van der Waals surface area (Å²) in [7, 11) is 1.65. The van der Waals surface area contributed by atoms with E-state index in [0.29, 0.717) is 23.6 Å². The van der Waals surface area contributed by atoms with Crippen molar-refractivity contribution in [2.45, 2.75) is 31.3 Å². The molecule has 0 aliphatic carbocycles. The van der Waals surface area contributed by atoms with Crippen LogP contribution in [-0.4, -0.2) is 31.7 Å². The molecule has 0 spiro atoms. The van der Waals surface area contributed by atoms with Crippen molar-refractivity contribution in [3.8, 4) is 28.9 Å². The minimum Gasteiger partial charge on any atom is -0.496 e. The predicted molar refractivity (Wildman–Crippen MR) is 120 cm³/mol. The number of benzene rings is 2. The molecular formula is C23H22N6OS. The van der Waals surface area contributed by atoms with Crippen molar-refractivity contribution in [3.63, 3.8) is 0 Å². The number of hydrogen-bond acceptors (Lipinski definition) is 6. The summed E-state index contributed by atoms with van der Waals surface area (Å²) in [6.07, 6.45) is 0. The van der Waals surface area contributed by atoms with Gasteiger partial charge in [-0.1, -0.05) is 42.1 Å². The molecule has 0 unspecified atom stereocenters. The summed E-state index contributed by atoms with van der Waals surface area (Å²) in [4.78, 5) is 0. The van der Waals surface area contributed by atoms with Crippen molar-refractivity contribution >= 4 is 11.8 Å². The standard InChI is InChI=1S/C23H22N6OS/c1-4-28-22(18-12-8-9-13-21(18)30-3)25-26-23(28)31-15-20-19(14-24)16(2)27-29(20)17-10-6-5-7-11-17/h5-13H,4,15H2,1-3H3. The number of ether oxygens (including phenoxy) is 1. The highest BCUT2D eigenvalue weighted by Crippen LogP contribution is 2.32. The fourth-order valence-electron chi connectivity index (χ4n) is 3.48. The van der Waals surface area contributed by atoms with E-state index in [-0.39, 0.29) is 0 Å². The molecule has 0 saturated carbocycles. The van der Waals surface area contributed by atoms with E-state index < -0.39 is 0 Å². The number of methoxy groups -OCH3 is 1. The van der Waals surface area contributed by atoms with Crippen LogP contribution in [0.4, 0.5) is 0 Å². The molecule has 4 aromatic rings. The van der Waals surface area contributed by atoms with Gasteiger partial charge < -0.3 is 9.30 Å². The Morgan fingerprint density at radius 2 is 1.81 bits per heavy atom. The highest BCUT2D eigenvalue weighted by molar-refractivity contribution is 7.98. The topological polar surface area (TPSA) is 81.5 Å². The summed E-state index contributed by atoms with van der Waals surface area (Å²) < 4.78 is 9.40.